The molecular weight excluding hydrogens is 334 g/mol. The maximum atomic E-state index is 12.0. The van der Waals surface area contributed by atoms with Crippen molar-refractivity contribution in [3.05, 3.63) is 70.1 Å². The van der Waals surface area contributed by atoms with Crippen LogP contribution in [0.15, 0.2) is 53.3 Å². The smallest absolute Gasteiger partial charge is 0.306 e. The number of nitrogens with zero attached hydrogens (tertiary/aromatic N) is 2. The van der Waals surface area contributed by atoms with E-state index in [0.717, 1.165) is 30.4 Å². The largest absolute Gasteiger partial charge is 0.328 e. The van der Waals surface area contributed by atoms with E-state index in [0.29, 0.717) is 6.04 Å². The number of hydrogen-bond acceptors (Lipinski definition) is 2. The van der Waals surface area contributed by atoms with Crippen molar-refractivity contribution in [1.82, 2.24) is 14.5 Å². The van der Waals surface area contributed by atoms with Gasteiger partial charge in [-0.1, -0.05) is 49.7 Å². The van der Waals surface area contributed by atoms with Crippen LogP contribution in [0.5, 0.6) is 0 Å². The average molecular weight is 360 g/mol. The molecule has 5 heteroatoms. The van der Waals surface area contributed by atoms with Crippen LogP contribution in [0.2, 0.25) is 0 Å². The molecule has 3 aromatic rings. The molecule has 0 fully saturated rings. The molecule has 1 unspecified atom stereocenters. The van der Waals surface area contributed by atoms with Crippen LogP contribution in [0.25, 0.3) is 11.0 Å². The Morgan fingerprint density at radius 3 is 2.36 bits per heavy atom. The zero-order valence-electron chi connectivity index (χ0n) is 15.0. The van der Waals surface area contributed by atoms with Gasteiger partial charge in [0.15, 0.2) is 0 Å². The average Bonchev–Trinajstić information content (AvgIpc) is 2.83. The lowest BCUT2D eigenvalue weighted by atomic mass is 10.0. The quantitative estimate of drug-likeness (QED) is 0.724. The lowest BCUT2D eigenvalue weighted by molar-refractivity contribution is 0.493. The van der Waals surface area contributed by atoms with Gasteiger partial charge >= 0.3 is 5.69 Å². The first-order valence-electron chi connectivity index (χ1n) is 8.54. The van der Waals surface area contributed by atoms with E-state index in [9.17, 15) is 4.79 Å². The van der Waals surface area contributed by atoms with Gasteiger partial charge in [-0.25, -0.2) is 4.79 Å². The monoisotopic (exact) mass is 359 g/mol. The number of aryl methyl sites for hydroxylation is 2. The van der Waals surface area contributed by atoms with E-state index in [1.54, 1.807) is 9.13 Å². The first kappa shape index (κ1) is 19.3. The third kappa shape index (κ3) is 3.97. The summed E-state index contributed by atoms with van der Waals surface area (Å²) in [7, 11) is 3.64. The van der Waals surface area contributed by atoms with E-state index in [1.807, 2.05) is 20.2 Å². The maximum Gasteiger partial charge on any atom is 0.328 e. The van der Waals surface area contributed by atoms with Gasteiger partial charge in [0.25, 0.3) is 0 Å². The van der Waals surface area contributed by atoms with E-state index in [2.05, 4.69) is 54.7 Å². The fraction of sp³-hybridized carbons (Fsp3) is 0.350. The number of aromatic nitrogens is 2. The molecule has 0 radical (unpaired) electrons. The zero-order chi connectivity index (χ0) is 17.1. The van der Waals surface area contributed by atoms with Crippen molar-refractivity contribution in [2.24, 2.45) is 14.1 Å². The third-order valence-electron chi connectivity index (χ3n) is 4.67. The van der Waals surface area contributed by atoms with Crippen molar-refractivity contribution in [1.29, 1.82) is 0 Å². The fourth-order valence-electron chi connectivity index (χ4n) is 3.26. The van der Waals surface area contributed by atoms with Crippen LogP contribution in [0, 0.1) is 0 Å². The highest BCUT2D eigenvalue weighted by Crippen LogP contribution is 2.20. The topological polar surface area (TPSA) is 39.0 Å². The molecule has 0 saturated carbocycles. The minimum atomic E-state index is 0. The second-order valence-corrected chi connectivity index (χ2v) is 6.36. The highest BCUT2D eigenvalue weighted by molar-refractivity contribution is 5.85. The number of halogens is 1. The minimum Gasteiger partial charge on any atom is -0.306 e. The predicted octanol–water partition coefficient (Wildman–Crippen LogP) is 3.93. The molecule has 1 aromatic heterocycles. The van der Waals surface area contributed by atoms with Gasteiger partial charge in [-0.15, -0.1) is 12.4 Å². The van der Waals surface area contributed by atoms with Crippen LogP contribution in [-0.4, -0.2) is 9.13 Å². The van der Waals surface area contributed by atoms with Gasteiger partial charge in [0, 0.05) is 26.7 Å². The minimum absolute atomic E-state index is 0. The second kappa shape index (κ2) is 8.37. The molecular formula is C20H26ClN3O. The molecule has 1 heterocycles. The molecule has 134 valence electrons. The Labute approximate surface area is 154 Å². The molecule has 0 aliphatic carbocycles. The van der Waals surface area contributed by atoms with Gasteiger partial charge < -0.3 is 5.32 Å². The molecule has 4 nitrogen and oxygen atoms in total. The number of nitrogens with one attached hydrogen (secondary N) is 1. The fourth-order valence-corrected chi connectivity index (χ4v) is 3.26. The Bertz CT molecular complexity index is 883. The Kier molecular flexibility index (Phi) is 6.45. The number of hydrogen-bond donors (Lipinski definition) is 1. The molecule has 0 aliphatic heterocycles. The van der Waals surface area contributed by atoms with Gasteiger partial charge in [0.05, 0.1) is 11.0 Å². The summed E-state index contributed by atoms with van der Waals surface area (Å²) in [5, 5.41) is 3.66. The Morgan fingerprint density at radius 2 is 1.68 bits per heavy atom. The second-order valence-electron chi connectivity index (χ2n) is 6.36. The van der Waals surface area contributed by atoms with Crippen molar-refractivity contribution in [2.75, 3.05) is 0 Å². The standard InChI is InChI=1S/C20H25N3O.ClH/c1-4-8-17(16-9-6-5-7-10-16)21-14-15-11-12-18-19(13-15)23(3)20(24)22(18)2;/h5-7,9-13,17,21H,4,8,14H2,1-3H3;1H. The summed E-state index contributed by atoms with van der Waals surface area (Å²) in [4.78, 5) is 12.0. The molecule has 0 amide bonds. The van der Waals surface area contributed by atoms with Crippen LogP contribution in [0.1, 0.15) is 36.9 Å². The van der Waals surface area contributed by atoms with Crippen molar-refractivity contribution >= 4 is 23.4 Å². The molecule has 0 bridgehead atoms. The van der Waals surface area contributed by atoms with E-state index in [1.165, 1.54) is 11.1 Å². The molecule has 1 atom stereocenters. The maximum absolute atomic E-state index is 12.0. The van der Waals surface area contributed by atoms with Gasteiger partial charge in [0.2, 0.25) is 0 Å². The highest BCUT2D eigenvalue weighted by atomic mass is 35.5. The SMILES string of the molecule is CCCC(NCc1ccc2c(c1)n(C)c(=O)n2C)c1ccccc1.Cl. The number of fused-ring (bicyclic) bond motifs is 1. The summed E-state index contributed by atoms with van der Waals surface area (Å²) in [5.41, 5.74) is 4.49. The molecule has 2 aromatic carbocycles. The predicted molar refractivity (Wildman–Crippen MR) is 106 cm³/mol. The summed E-state index contributed by atoms with van der Waals surface area (Å²) in [6.07, 6.45) is 2.24. The summed E-state index contributed by atoms with van der Waals surface area (Å²) in [5.74, 6) is 0. The van der Waals surface area contributed by atoms with Gasteiger partial charge in [0.1, 0.15) is 0 Å². The van der Waals surface area contributed by atoms with Gasteiger partial charge in [-0.05, 0) is 29.7 Å². The van der Waals surface area contributed by atoms with E-state index < -0.39 is 0 Å². The normalized spacial score (nSPS) is 12.1. The molecule has 0 aliphatic rings. The van der Waals surface area contributed by atoms with Crippen LogP contribution in [0.4, 0.5) is 0 Å². The van der Waals surface area contributed by atoms with Gasteiger partial charge in [-0.3, -0.25) is 9.13 Å². The third-order valence-corrected chi connectivity index (χ3v) is 4.67. The molecule has 0 saturated heterocycles. The Hall–Kier alpha value is -2.04. The number of benzene rings is 2. The van der Waals surface area contributed by atoms with Crippen molar-refractivity contribution < 1.29 is 0 Å². The molecule has 0 spiro atoms. The van der Waals surface area contributed by atoms with Crippen molar-refractivity contribution in [2.45, 2.75) is 32.4 Å². The van der Waals surface area contributed by atoms with Crippen molar-refractivity contribution in [3.8, 4) is 0 Å². The molecule has 1 N–H and O–H groups in total. The van der Waals surface area contributed by atoms with E-state index in [4.69, 9.17) is 0 Å². The van der Waals surface area contributed by atoms with Gasteiger partial charge in [-0.2, -0.15) is 0 Å². The number of imidazole rings is 1. The first-order chi connectivity index (χ1) is 11.6. The summed E-state index contributed by atoms with van der Waals surface area (Å²) in [6.45, 7) is 3.00. The Morgan fingerprint density at radius 1 is 1.00 bits per heavy atom. The number of rotatable bonds is 6. The summed E-state index contributed by atoms with van der Waals surface area (Å²) >= 11 is 0. The first-order valence-corrected chi connectivity index (χ1v) is 8.54. The lowest BCUT2D eigenvalue weighted by Gasteiger charge is -2.19. The van der Waals surface area contributed by atoms with E-state index in [-0.39, 0.29) is 18.1 Å². The zero-order valence-corrected chi connectivity index (χ0v) is 15.8. The van der Waals surface area contributed by atoms with Crippen molar-refractivity contribution in [3.63, 3.8) is 0 Å². The highest BCUT2D eigenvalue weighted by Gasteiger charge is 2.11. The van der Waals surface area contributed by atoms with Crippen LogP contribution < -0.4 is 11.0 Å². The van der Waals surface area contributed by atoms with Crippen LogP contribution in [-0.2, 0) is 20.6 Å². The van der Waals surface area contributed by atoms with Crippen LogP contribution >= 0.6 is 12.4 Å². The lowest BCUT2D eigenvalue weighted by Crippen LogP contribution is -2.20. The van der Waals surface area contributed by atoms with E-state index >= 15 is 0 Å². The molecule has 3 rings (SSSR count). The molecule has 25 heavy (non-hydrogen) atoms. The summed E-state index contributed by atoms with van der Waals surface area (Å²) in [6, 6.07) is 17.2. The Balaban J connectivity index is 0.00000225. The van der Waals surface area contributed by atoms with Crippen LogP contribution in [0.3, 0.4) is 0 Å². The summed E-state index contributed by atoms with van der Waals surface area (Å²) < 4.78 is 3.40.